The molecule has 3 aliphatic rings. The van der Waals surface area contributed by atoms with E-state index in [0.717, 1.165) is 6.42 Å². The van der Waals surface area contributed by atoms with Crippen LogP contribution in [-0.4, -0.2) is 12.1 Å². The lowest BCUT2D eigenvalue weighted by atomic mass is 9.84. The molecule has 2 aliphatic heterocycles. The topological polar surface area (TPSA) is 12.0 Å². The van der Waals surface area contributed by atoms with E-state index in [-0.39, 0.29) is 0 Å². The van der Waals surface area contributed by atoms with Crippen molar-refractivity contribution in [3.8, 4) is 11.1 Å². The van der Waals surface area contributed by atoms with Gasteiger partial charge in [0.2, 0.25) is 0 Å². The quantitative estimate of drug-likeness (QED) is 0.692. The van der Waals surface area contributed by atoms with Crippen LogP contribution in [-0.2, 0) is 6.42 Å². The average Bonchev–Trinajstić information content (AvgIpc) is 2.92. The van der Waals surface area contributed by atoms with Crippen LogP contribution in [0.2, 0.25) is 0 Å². The van der Waals surface area contributed by atoms with Crippen LogP contribution in [0, 0.1) is 0 Å². The molecule has 2 heterocycles. The summed E-state index contributed by atoms with van der Waals surface area (Å²) in [5.41, 5.74) is 8.86. The van der Waals surface area contributed by atoms with Crippen molar-refractivity contribution in [1.29, 1.82) is 0 Å². The van der Waals surface area contributed by atoms with Crippen LogP contribution in [0.15, 0.2) is 48.5 Å². The Morgan fingerprint density at radius 2 is 1.82 bits per heavy atom. The monoisotopic (exact) mass is 287 g/mol. The maximum Gasteiger partial charge on any atom is 0.0258 e. The first kappa shape index (κ1) is 12.7. The summed E-state index contributed by atoms with van der Waals surface area (Å²) in [6.45, 7) is 0. The van der Waals surface area contributed by atoms with E-state index in [2.05, 4.69) is 53.9 Å². The van der Waals surface area contributed by atoms with Crippen LogP contribution < -0.4 is 5.32 Å². The van der Waals surface area contributed by atoms with Gasteiger partial charge in [-0.25, -0.2) is 0 Å². The van der Waals surface area contributed by atoms with E-state index in [1.165, 1.54) is 53.5 Å². The van der Waals surface area contributed by atoms with Crippen molar-refractivity contribution in [2.45, 2.75) is 44.2 Å². The molecule has 2 aromatic carbocycles. The Morgan fingerprint density at radius 1 is 0.909 bits per heavy atom. The molecule has 0 amide bonds. The second-order valence-electron chi connectivity index (χ2n) is 7.00. The summed E-state index contributed by atoms with van der Waals surface area (Å²) in [5.74, 6) is 0. The minimum Gasteiger partial charge on any atom is -0.307 e. The Bertz CT molecular complexity index is 771. The molecule has 1 saturated heterocycles. The van der Waals surface area contributed by atoms with Crippen LogP contribution in [0.4, 0.5) is 0 Å². The van der Waals surface area contributed by atoms with E-state index < -0.39 is 0 Å². The van der Waals surface area contributed by atoms with Crippen molar-refractivity contribution in [3.63, 3.8) is 0 Å². The van der Waals surface area contributed by atoms with E-state index in [0.29, 0.717) is 12.1 Å². The highest BCUT2D eigenvalue weighted by Gasteiger charge is 2.26. The summed E-state index contributed by atoms with van der Waals surface area (Å²) in [6, 6.07) is 17.3. The van der Waals surface area contributed by atoms with Crippen molar-refractivity contribution in [3.05, 3.63) is 65.2 Å². The smallest absolute Gasteiger partial charge is 0.0258 e. The molecule has 0 saturated carbocycles. The molecule has 0 radical (unpaired) electrons. The summed E-state index contributed by atoms with van der Waals surface area (Å²) in [7, 11) is 0. The third kappa shape index (κ3) is 1.96. The van der Waals surface area contributed by atoms with Gasteiger partial charge in [0.1, 0.15) is 0 Å². The number of fused-ring (bicyclic) bond motifs is 5. The zero-order valence-electron chi connectivity index (χ0n) is 12.8. The van der Waals surface area contributed by atoms with Gasteiger partial charge >= 0.3 is 0 Å². The number of nitrogens with one attached hydrogen (secondary N) is 1. The highest BCUT2D eigenvalue weighted by molar-refractivity contribution is 5.80. The molecule has 110 valence electrons. The molecule has 1 heteroatoms. The molecule has 1 N–H and O–H groups in total. The van der Waals surface area contributed by atoms with Crippen molar-refractivity contribution >= 4 is 5.57 Å². The molecule has 1 fully saturated rings. The fourth-order valence-electron chi connectivity index (χ4n) is 4.48. The molecular weight excluding hydrogens is 266 g/mol. The Kier molecular flexibility index (Phi) is 2.78. The Labute approximate surface area is 132 Å². The lowest BCUT2D eigenvalue weighted by Crippen LogP contribution is -2.44. The second kappa shape index (κ2) is 4.82. The van der Waals surface area contributed by atoms with E-state index in [1.54, 1.807) is 5.57 Å². The van der Waals surface area contributed by atoms with Crippen LogP contribution >= 0.6 is 0 Å². The van der Waals surface area contributed by atoms with Crippen molar-refractivity contribution < 1.29 is 0 Å². The van der Waals surface area contributed by atoms with Gasteiger partial charge in [0.25, 0.3) is 0 Å². The van der Waals surface area contributed by atoms with Crippen molar-refractivity contribution in [1.82, 2.24) is 5.32 Å². The number of rotatable bonds is 1. The number of hydrogen-bond acceptors (Lipinski definition) is 1. The van der Waals surface area contributed by atoms with Crippen molar-refractivity contribution in [2.24, 2.45) is 0 Å². The summed E-state index contributed by atoms with van der Waals surface area (Å²) >= 11 is 0. The molecule has 2 unspecified atom stereocenters. The Morgan fingerprint density at radius 3 is 2.77 bits per heavy atom. The van der Waals surface area contributed by atoms with Gasteiger partial charge in [0.15, 0.2) is 0 Å². The molecule has 22 heavy (non-hydrogen) atoms. The largest absolute Gasteiger partial charge is 0.307 e. The van der Waals surface area contributed by atoms with E-state index in [9.17, 15) is 0 Å². The molecule has 2 atom stereocenters. The fraction of sp³-hybridized carbons (Fsp3) is 0.333. The summed E-state index contributed by atoms with van der Waals surface area (Å²) in [4.78, 5) is 0. The number of hydrogen-bond donors (Lipinski definition) is 1. The minimum absolute atomic E-state index is 0.605. The first-order chi connectivity index (χ1) is 10.9. The molecule has 5 rings (SSSR count). The molecule has 0 aromatic heterocycles. The Balaban J connectivity index is 1.53. The maximum atomic E-state index is 3.74. The predicted octanol–water partition coefficient (Wildman–Crippen LogP) is 4.56. The normalized spacial score (nSPS) is 25.4. The summed E-state index contributed by atoms with van der Waals surface area (Å²) in [5, 5.41) is 3.74. The standard InChI is InChI=1S/C21H21N/c1-2-7-20-15(4-1)11-17-10-14(8-9-21(17)20)16-12-18-5-3-6-19(13-16)22-18/h1-2,4,7-10,12,18-19,22H,3,5-6,11,13H2. The highest BCUT2D eigenvalue weighted by Crippen LogP contribution is 2.39. The molecule has 2 bridgehead atoms. The number of benzene rings is 2. The predicted molar refractivity (Wildman–Crippen MR) is 91.8 cm³/mol. The first-order valence-corrected chi connectivity index (χ1v) is 8.55. The lowest BCUT2D eigenvalue weighted by Gasteiger charge is -2.35. The van der Waals surface area contributed by atoms with Crippen molar-refractivity contribution in [2.75, 3.05) is 0 Å². The third-order valence-corrected chi connectivity index (χ3v) is 5.55. The molecule has 2 aromatic rings. The second-order valence-corrected chi connectivity index (χ2v) is 7.00. The van der Waals surface area contributed by atoms with Gasteiger partial charge < -0.3 is 5.32 Å². The van der Waals surface area contributed by atoms with Crippen LogP contribution in [0.5, 0.6) is 0 Å². The minimum atomic E-state index is 0.605. The first-order valence-electron chi connectivity index (χ1n) is 8.55. The average molecular weight is 287 g/mol. The fourth-order valence-corrected chi connectivity index (χ4v) is 4.48. The Hall–Kier alpha value is -1.86. The van der Waals surface area contributed by atoms with E-state index in [1.807, 2.05) is 0 Å². The van der Waals surface area contributed by atoms with Gasteiger partial charge in [-0.05, 0) is 59.1 Å². The van der Waals surface area contributed by atoms with Gasteiger partial charge in [0.05, 0.1) is 0 Å². The van der Waals surface area contributed by atoms with E-state index in [4.69, 9.17) is 0 Å². The molecule has 1 aliphatic carbocycles. The maximum absolute atomic E-state index is 3.74. The van der Waals surface area contributed by atoms with Crippen LogP contribution in [0.1, 0.15) is 42.4 Å². The SMILES string of the molecule is C1=C(c2ccc3c(c2)Cc2ccccc2-3)CC2CCCC1N2. The molecule has 0 spiro atoms. The zero-order valence-corrected chi connectivity index (χ0v) is 12.8. The highest BCUT2D eigenvalue weighted by atomic mass is 15.0. The molecule has 1 nitrogen and oxygen atoms in total. The summed E-state index contributed by atoms with van der Waals surface area (Å²) < 4.78 is 0. The van der Waals surface area contributed by atoms with Gasteiger partial charge in [-0.2, -0.15) is 0 Å². The lowest BCUT2D eigenvalue weighted by molar-refractivity contribution is 0.348. The van der Waals surface area contributed by atoms with Crippen LogP contribution in [0.3, 0.4) is 0 Å². The van der Waals surface area contributed by atoms with Gasteiger partial charge in [0, 0.05) is 12.1 Å². The van der Waals surface area contributed by atoms with Crippen LogP contribution in [0.25, 0.3) is 16.7 Å². The van der Waals surface area contributed by atoms with Gasteiger partial charge in [-0.3, -0.25) is 0 Å². The summed E-state index contributed by atoms with van der Waals surface area (Å²) in [6.07, 6.45) is 8.80. The molecular formula is C21H21N. The van der Waals surface area contributed by atoms with E-state index >= 15 is 0 Å². The van der Waals surface area contributed by atoms with Gasteiger partial charge in [-0.1, -0.05) is 55.0 Å². The zero-order chi connectivity index (χ0) is 14.5. The van der Waals surface area contributed by atoms with Gasteiger partial charge in [-0.15, -0.1) is 0 Å². The number of piperidine rings is 1. The third-order valence-electron chi connectivity index (χ3n) is 5.55.